The van der Waals surface area contributed by atoms with E-state index in [1.165, 1.54) is 0 Å². The van der Waals surface area contributed by atoms with E-state index in [2.05, 4.69) is 10.3 Å². The monoisotopic (exact) mass is 252 g/mol. The van der Waals surface area contributed by atoms with Crippen molar-refractivity contribution in [2.75, 3.05) is 25.2 Å². The van der Waals surface area contributed by atoms with Gasteiger partial charge in [0.15, 0.2) is 0 Å². The van der Waals surface area contributed by atoms with Crippen molar-refractivity contribution in [1.82, 2.24) is 10.3 Å². The molecule has 1 aliphatic heterocycles. The molecule has 1 aromatic rings. The Morgan fingerprint density at radius 2 is 2.53 bits per heavy atom. The van der Waals surface area contributed by atoms with Crippen LogP contribution in [0, 0.1) is 0 Å². The van der Waals surface area contributed by atoms with Crippen LogP contribution in [-0.2, 0) is 4.74 Å². The maximum Gasteiger partial charge on any atom is 0.269 e. The zero-order chi connectivity index (χ0) is 12.1. The minimum atomic E-state index is -0.199. The van der Waals surface area contributed by atoms with Gasteiger partial charge in [-0.3, -0.25) is 9.78 Å². The number of hydrogen-bond donors (Lipinski definition) is 1. The number of nitrogens with zero attached hydrogens (tertiary/aromatic N) is 1. The average Bonchev–Trinajstić information content (AvgIpc) is 2.86. The number of carbonyl (C=O) groups is 1. The highest BCUT2D eigenvalue weighted by atomic mass is 32.2. The van der Waals surface area contributed by atoms with E-state index in [4.69, 9.17) is 4.74 Å². The van der Waals surface area contributed by atoms with Crippen LogP contribution in [0.2, 0.25) is 0 Å². The third-order valence-corrected chi connectivity index (χ3v) is 4.19. The van der Waals surface area contributed by atoms with Gasteiger partial charge in [-0.1, -0.05) is 6.07 Å². The SMILES string of the molecule is COC1(CNC(=O)c2ccccn2)CCSC1. The van der Waals surface area contributed by atoms with Crippen LogP contribution in [0.4, 0.5) is 0 Å². The summed E-state index contributed by atoms with van der Waals surface area (Å²) in [6.45, 7) is 0.548. The lowest BCUT2D eigenvalue weighted by Gasteiger charge is -2.26. The molecule has 0 bridgehead atoms. The molecule has 4 nitrogen and oxygen atoms in total. The quantitative estimate of drug-likeness (QED) is 0.878. The normalized spacial score (nSPS) is 23.6. The summed E-state index contributed by atoms with van der Waals surface area (Å²) in [7, 11) is 1.71. The molecule has 1 amide bonds. The number of carbonyl (C=O) groups excluding carboxylic acids is 1. The summed E-state index contributed by atoms with van der Waals surface area (Å²) in [5.41, 5.74) is 0.249. The van der Waals surface area contributed by atoms with Gasteiger partial charge in [-0.2, -0.15) is 11.8 Å². The Morgan fingerprint density at radius 3 is 3.12 bits per heavy atom. The van der Waals surface area contributed by atoms with E-state index in [-0.39, 0.29) is 11.5 Å². The van der Waals surface area contributed by atoms with Gasteiger partial charge in [0.05, 0.1) is 5.60 Å². The molecular formula is C12H16N2O2S. The van der Waals surface area contributed by atoms with Crippen LogP contribution >= 0.6 is 11.8 Å². The van der Waals surface area contributed by atoms with E-state index in [1.807, 2.05) is 11.8 Å². The zero-order valence-corrected chi connectivity index (χ0v) is 10.6. The lowest BCUT2D eigenvalue weighted by atomic mass is 10.0. The fraction of sp³-hybridized carbons (Fsp3) is 0.500. The van der Waals surface area contributed by atoms with Crippen LogP contribution in [0.1, 0.15) is 16.9 Å². The predicted octanol–water partition coefficient (Wildman–Crippen LogP) is 1.33. The van der Waals surface area contributed by atoms with Gasteiger partial charge >= 0.3 is 0 Å². The maximum atomic E-state index is 11.8. The Labute approximate surface area is 105 Å². The fourth-order valence-electron chi connectivity index (χ4n) is 1.79. The third kappa shape index (κ3) is 2.98. The smallest absolute Gasteiger partial charge is 0.269 e. The second-order valence-electron chi connectivity index (χ2n) is 4.09. The highest BCUT2D eigenvalue weighted by Gasteiger charge is 2.34. The standard InChI is InChI=1S/C12H16N2O2S/c1-16-12(5-7-17-9-12)8-14-11(15)10-4-2-3-6-13-10/h2-4,6H,5,7-9H2,1H3,(H,14,15). The molecular weight excluding hydrogens is 236 g/mol. The Bertz CT molecular complexity index is 377. The molecule has 0 radical (unpaired) electrons. The van der Waals surface area contributed by atoms with Crippen LogP contribution in [0.5, 0.6) is 0 Å². The van der Waals surface area contributed by atoms with Crippen molar-refractivity contribution < 1.29 is 9.53 Å². The van der Waals surface area contributed by atoms with Gasteiger partial charge in [-0.25, -0.2) is 0 Å². The Kier molecular flexibility index (Phi) is 4.02. The Balaban J connectivity index is 1.92. The van der Waals surface area contributed by atoms with Gasteiger partial charge in [0, 0.05) is 25.6 Å². The van der Waals surface area contributed by atoms with Gasteiger partial charge in [-0.15, -0.1) is 0 Å². The first-order chi connectivity index (χ1) is 8.26. The van der Waals surface area contributed by atoms with E-state index < -0.39 is 0 Å². The summed E-state index contributed by atoms with van der Waals surface area (Å²) in [6.07, 6.45) is 2.60. The van der Waals surface area contributed by atoms with Crippen molar-refractivity contribution in [1.29, 1.82) is 0 Å². The molecule has 92 valence electrons. The minimum Gasteiger partial charge on any atom is -0.376 e. The maximum absolute atomic E-state index is 11.8. The number of aromatic nitrogens is 1. The van der Waals surface area contributed by atoms with E-state index >= 15 is 0 Å². The molecule has 1 unspecified atom stereocenters. The molecule has 1 atom stereocenters. The first kappa shape index (κ1) is 12.4. The number of thioether (sulfide) groups is 1. The number of pyridine rings is 1. The van der Waals surface area contributed by atoms with Crippen LogP contribution < -0.4 is 5.32 Å². The molecule has 0 aromatic carbocycles. The van der Waals surface area contributed by atoms with E-state index in [0.29, 0.717) is 12.2 Å². The number of nitrogens with one attached hydrogen (secondary N) is 1. The molecule has 1 fully saturated rings. The van der Waals surface area contributed by atoms with Gasteiger partial charge in [0.25, 0.3) is 5.91 Å². The molecule has 1 aliphatic rings. The molecule has 0 saturated carbocycles. The molecule has 2 heterocycles. The molecule has 0 aliphatic carbocycles. The lowest BCUT2D eigenvalue weighted by molar-refractivity contribution is 0.0136. The van der Waals surface area contributed by atoms with Crippen molar-refractivity contribution in [2.45, 2.75) is 12.0 Å². The molecule has 1 saturated heterocycles. The number of methoxy groups -OCH3 is 1. The molecule has 1 aromatic heterocycles. The van der Waals surface area contributed by atoms with Gasteiger partial charge in [-0.05, 0) is 24.3 Å². The van der Waals surface area contributed by atoms with Crippen LogP contribution in [0.15, 0.2) is 24.4 Å². The highest BCUT2D eigenvalue weighted by molar-refractivity contribution is 7.99. The third-order valence-electron chi connectivity index (χ3n) is 2.97. The summed E-state index contributed by atoms with van der Waals surface area (Å²) in [6, 6.07) is 5.30. The van der Waals surface area contributed by atoms with E-state index in [0.717, 1.165) is 17.9 Å². The summed E-state index contributed by atoms with van der Waals surface area (Å²) in [5, 5.41) is 2.89. The fourth-order valence-corrected chi connectivity index (χ4v) is 3.19. The van der Waals surface area contributed by atoms with Crippen LogP contribution in [-0.4, -0.2) is 41.7 Å². The summed E-state index contributed by atoms with van der Waals surface area (Å²) in [5.74, 6) is 1.89. The van der Waals surface area contributed by atoms with Crippen LogP contribution in [0.25, 0.3) is 0 Å². The lowest BCUT2D eigenvalue weighted by Crippen LogP contribution is -2.44. The topological polar surface area (TPSA) is 51.2 Å². The molecule has 0 spiro atoms. The summed E-state index contributed by atoms with van der Waals surface area (Å²) < 4.78 is 5.53. The minimum absolute atomic E-state index is 0.140. The summed E-state index contributed by atoms with van der Waals surface area (Å²) >= 11 is 1.86. The van der Waals surface area contributed by atoms with E-state index in [1.54, 1.807) is 31.5 Å². The molecule has 1 N–H and O–H groups in total. The molecule has 5 heteroatoms. The van der Waals surface area contributed by atoms with Crippen molar-refractivity contribution in [3.05, 3.63) is 30.1 Å². The average molecular weight is 252 g/mol. The Morgan fingerprint density at radius 1 is 1.65 bits per heavy atom. The highest BCUT2D eigenvalue weighted by Crippen LogP contribution is 2.30. The van der Waals surface area contributed by atoms with Gasteiger partial charge in [0.2, 0.25) is 0 Å². The second-order valence-corrected chi connectivity index (χ2v) is 5.19. The summed E-state index contributed by atoms with van der Waals surface area (Å²) in [4.78, 5) is 15.8. The van der Waals surface area contributed by atoms with Crippen molar-refractivity contribution in [3.63, 3.8) is 0 Å². The zero-order valence-electron chi connectivity index (χ0n) is 9.81. The Hall–Kier alpha value is -1.07. The number of amides is 1. The van der Waals surface area contributed by atoms with Crippen molar-refractivity contribution in [3.8, 4) is 0 Å². The van der Waals surface area contributed by atoms with Crippen molar-refractivity contribution in [2.24, 2.45) is 0 Å². The second kappa shape index (κ2) is 5.51. The number of hydrogen-bond acceptors (Lipinski definition) is 4. The number of rotatable bonds is 4. The largest absolute Gasteiger partial charge is 0.376 e. The van der Waals surface area contributed by atoms with Gasteiger partial charge in [0.1, 0.15) is 5.69 Å². The molecule has 17 heavy (non-hydrogen) atoms. The predicted molar refractivity (Wildman–Crippen MR) is 68.3 cm³/mol. The van der Waals surface area contributed by atoms with Crippen molar-refractivity contribution >= 4 is 17.7 Å². The number of ether oxygens (including phenoxy) is 1. The molecule has 2 rings (SSSR count). The first-order valence-electron chi connectivity index (χ1n) is 5.58. The van der Waals surface area contributed by atoms with Gasteiger partial charge < -0.3 is 10.1 Å². The van der Waals surface area contributed by atoms with E-state index in [9.17, 15) is 4.79 Å². The van der Waals surface area contributed by atoms with Crippen LogP contribution in [0.3, 0.4) is 0 Å². The first-order valence-corrected chi connectivity index (χ1v) is 6.73.